The SMILES string of the molecule is Cc1ccc(C=NC2=NN(c3ccc4ccccc4c3)CC2)cc1. The Morgan fingerprint density at radius 2 is 1.75 bits per heavy atom. The van der Waals surface area contributed by atoms with Gasteiger partial charge in [-0.05, 0) is 35.4 Å². The third-order valence-electron chi connectivity index (χ3n) is 4.25. The standard InChI is InChI=1S/C21H19N3/c1-16-6-8-17(9-7-16)15-22-21-12-13-24(23-21)20-11-10-18-4-2-3-5-19(18)14-20/h2-11,14-15H,12-13H2,1H3. The van der Waals surface area contributed by atoms with Crippen molar-refractivity contribution in [2.75, 3.05) is 11.6 Å². The van der Waals surface area contributed by atoms with E-state index < -0.39 is 0 Å². The van der Waals surface area contributed by atoms with Crippen LogP contribution in [0.4, 0.5) is 5.69 Å². The van der Waals surface area contributed by atoms with Gasteiger partial charge in [0.2, 0.25) is 0 Å². The lowest BCUT2D eigenvalue weighted by Gasteiger charge is -2.13. The molecule has 0 saturated heterocycles. The highest BCUT2D eigenvalue weighted by Crippen LogP contribution is 2.24. The Hall–Kier alpha value is -2.94. The fraction of sp³-hybridized carbons (Fsp3) is 0.143. The monoisotopic (exact) mass is 313 g/mol. The van der Waals surface area contributed by atoms with Crippen molar-refractivity contribution in [3.63, 3.8) is 0 Å². The van der Waals surface area contributed by atoms with Crippen LogP contribution in [-0.4, -0.2) is 18.6 Å². The second-order valence-electron chi connectivity index (χ2n) is 6.09. The number of hydrogen-bond donors (Lipinski definition) is 0. The van der Waals surface area contributed by atoms with Crippen molar-refractivity contribution in [3.8, 4) is 0 Å². The highest BCUT2D eigenvalue weighted by molar-refractivity contribution is 5.96. The fourth-order valence-electron chi connectivity index (χ4n) is 2.86. The largest absolute Gasteiger partial charge is 0.263 e. The number of hydrogen-bond acceptors (Lipinski definition) is 3. The summed E-state index contributed by atoms with van der Waals surface area (Å²) in [4.78, 5) is 4.54. The molecule has 4 rings (SSSR count). The minimum absolute atomic E-state index is 0.870. The van der Waals surface area contributed by atoms with E-state index in [1.54, 1.807) is 0 Å². The van der Waals surface area contributed by atoms with Crippen LogP contribution in [0.5, 0.6) is 0 Å². The maximum atomic E-state index is 4.65. The number of aliphatic imine (C=N–C) groups is 1. The third-order valence-corrected chi connectivity index (χ3v) is 4.25. The van der Waals surface area contributed by atoms with Gasteiger partial charge in [0, 0.05) is 19.2 Å². The average molecular weight is 313 g/mol. The van der Waals surface area contributed by atoms with Gasteiger partial charge in [-0.2, -0.15) is 5.10 Å². The lowest BCUT2D eigenvalue weighted by molar-refractivity contribution is 0.923. The van der Waals surface area contributed by atoms with Gasteiger partial charge < -0.3 is 0 Å². The van der Waals surface area contributed by atoms with Crippen LogP contribution in [0.1, 0.15) is 17.5 Å². The predicted molar refractivity (Wildman–Crippen MR) is 102 cm³/mol. The number of amidine groups is 1. The predicted octanol–water partition coefficient (Wildman–Crippen LogP) is 4.79. The lowest BCUT2D eigenvalue weighted by atomic mass is 10.1. The molecular formula is C21H19N3. The van der Waals surface area contributed by atoms with Crippen molar-refractivity contribution in [1.82, 2.24) is 0 Å². The van der Waals surface area contributed by atoms with Gasteiger partial charge in [-0.1, -0.05) is 60.2 Å². The summed E-state index contributed by atoms with van der Waals surface area (Å²) in [6.07, 6.45) is 2.76. The molecule has 3 aromatic carbocycles. The van der Waals surface area contributed by atoms with E-state index in [9.17, 15) is 0 Å². The Kier molecular flexibility index (Phi) is 3.83. The van der Waals surface area contributed by atoms with E-state index in [0.717, 1.165) is 30.1 Å². The molecule has 0 N–H and O–H groups in total. The topological polar surface area (TPSA) is 28.0 Å². The molecule has 3 heteroatoms. The molecule has 1 heterocycles. The molecule has 118 valence electrons. The van der Waals surface area contributed by atoms with Gasteiger partial charge in [0.1, 0.15) is 0 Å². The molecule has 0 bridgehead atoms. The van der Waals surface area contributed by atoms with Crippen LogP contribution in [-0.2, 0) is 0 Å². The number of rotatable bonds is 2. The van der Waals surface area contributed by atoms with Gasteiger partial charge in [-0.25, -0.2) is 4.99 Å². The van der Waals surface area contributed by atoms with Crippen LogP contribution in [0.15, 0.2) is 76.8 Å². The number of aryl methyl sites for hydroxylation is 1. The zero-order valence-electron chi connectivity index (χ0n) is 13.7. The van der Waals surface area contributed by atoms with Crippen molar-refractivity contribution in [2.45, 2.75) is 13.3 Å². The van der Waals surface area contributed by atoms with Crippen LogP contribution in [0.3, 0.4) is 0 Å². The molecule has 0 unspecified atom stereocenters. The number of hydrazone groups is 1. The van der Waals surface area contributed by atoms with E-state index >= 15 is 0 Å². The minimum Gasteiger partial charge on any atom is -0.263 e. The van der Waals surface area contributed by atoms with E-state index in [1.165, 1.54) is 16.3 Å². The van der Waals surface area contributed by atoms with Crippen LogP contribution >= 0.6 is 0 Å². The van der Waals surface area contributed by atoms with Crippen LogP contribution in [0.2, 0.25) is 0 Å². The van der Waals surface area contributed by atoms with Gasteiger partial charge >= 0.3 is 0 Å². The van der Waals surface area contributed by atoms with Gasteiger partial charge in [0.15, 0.2) is 5.84 Å². The molecule has 24 heavy (non-hydrogen) atoms. The van der Waals surface area contributed by atoms with Crippen molar-refractivity contribution in [1.29, 1.82) is 0 Å². The van der Waals surface area contributed by atoms with E-state index in [4.69, 9.17) is 0 Å². The first kappa shape index (κ1) is 14.6. The molecule has 1 aliphatic rings. The minimum atomic E-state index is 0.870. The highest BCUT2D eigenvalue weighted by atomic mass is 15.5. The first-order chi connectivity index (χ1) is 11.8. The third kappa shape index (κ3) is 3.06. The Labute approximate surface area is 142 Å². The Balaban J connectivity index is 1.54. The molecule has 1 aliphatic heterocycles. The fourth-order valence-corrected chi connectivity index (χ4v) is 2.86. The summed E-state index contributed by atoms with van der Waals surface area (Å²) >= 11 is 0. The van der Waals surface area contributed by atoms with Gasteiger partial charge in [0.25, 0.3) is 0 Å². The number of fused-ring (bicyclic) bond motifs is 1. The quantitative estimate of drug-likeness (QED) is 0.625. The second-order valence-corrected chi connectivity index (χ2v) is 6.09. The summed E-state index contributed by atoms with van der Waals surface area (Å²) in [6, 6.07) is 23.2. The van der Waals surface area contributed by atoms with Crippen LogP contribution in [0.25, 0.3) is 10.8 Å². The Morgan fingerprint density at radius 3 is 2.58 bits per heavy atom. The summed E-state index contributed by atoms with van der Waals surface area (Å²) in [5, 5.41) is 9.18. The van der Waals surface area contributed by atoms with Crippen molar-refractivity contribution < 1.29 is 0 Å². The molecule has 0 aliphatic carbocycles. The highest BCUT2D eigenvalue weighted by Gasteiger charge is 2.15. The second kappa shape index (κ2) is 6.28. The zero-order valence-corrected chi connectivity index (χ0v) is 13.7. The molecule has 3 nitrogen and oxygen atoms in total. The number of anilines is 1. The molecular weight excluding hydrogens is 294 g/mol. The molecule has 0 saturated carbocycles. The summed E-state index contributed by atoms with van der Waals surface area (Å²) in [5.74, 6) is 0.878. The van der Waals surface area contributed by atoms with Crippen molar-refractivity contribution in [2.24, 2.45) is 10.1 Å². The summed E-state index contributed by atoms with van der Waals surface area (Å²) in [6.45, 7) is 2.96. The van der Waals surface area contributed by atoms with E-state index in [2.05, 4.69) is 83.7 Å². The van der Waals surface area contributed by atoms with Gasteiger partial charge in [-0.3, -0.25) is 5.01 Å². The first-order valence-electron chi connectivity index (χ1n) is 8.22. The summed E-state index contributed by atoms with van der Waals surface area (Å²) in [5.41, 5.74) is 3.48. The van der Waals surface area contributed by atoms with Crippen molar-refractivity contribution in [3.05, 3.63) is 77.9 Å². The van der Waals surface area contributed by atoms with Crippen LogP contribution in [0, 0.1) is 6.92 Å². The molecule has 0 atom stereocenters. The zero-order chi connectivity index (χ0) is 16.4. The van der Waals surface area contributed by atoms with Gasteiger partial charge in [-0.15, -0.1) is 0 Å². The molecule has 0 aromatic heterocycles. The molecule has 0 amide bonds. The van der Waals surface area contributed by atoms with E-state index in [1.807, 2.05) is 11.2 Å². The van der Waals surface area contributed by atoms with E-state index in [0.29, 0.717) is 0 Å². The Bertz CT molecular complexity index is 923. The maximum Gasteiger partial charge on any atom is 0.150 e. The molecule has 3 aromatic rings. The smallest absolute Gasteiger partial charge is 0.150 e. The molecule has 0 fully saturated rings. The summed E-state index contributed by atoms with van der Waals surface area (Å²) < 4.78 is 0. The summed E-state index contributed by atoms with van der Waals surface area (Å²) in [7, 11) is 0. The number of nitrogens with zero attached hydrogens (tertiary/aromatic N) is 3. The van der Waals surface area contributed by atoms with E-state index in [-0.39, 0.29) is 0 Å². The number of benzene rings is 3. The Morgan fingerprint density at radius 1 is 0.958 bits per heavy atom. The van der Waals surface area contributed by atoms with Crippen LogP contribution < -0.4 is 5.01 Å². The average Bonchev–Trinajstić information content (AvgIpc) is 3.10. The molecule has 0 radical (unpaired) electrons. The van der Waals surface area contributed by atoms with Gasteiger partial charge in [0.05, 0.1) is 5.69 Å². The lowest BCUT2D eigenvalue weighted by Crippen LogP contribution is -2.11. The maximum absolute atomic E-state index is 4.65. The normalized spacial score (nSPS) is 14.5. The molecule has 0 spiro atoms. The van der Waals surface area contributed by atoms with Crippen molar-refractivity contribution >= 4 is 28.5 Å². The first-order valence-corrected chi connectivity index (χ1v) is 8.22.